The minimum atomic E-state index is 0.184. The SMILES string of the molecule is O=C(CNc1ccccc1)N1CCOC2CCCC21. The first kappa shape index (κ1) is 12.5. The summed E-state index contributed by atoms with van der Waals surface area (Å²) in [4.78, 5) is 14.3. The van der Waals surface area contributed by atoms with E-state index in [-0.39, 0.29) is 12.0 Å². The van der Waals surface area contributed by atoms with E-state index in [2.05, 4.69) is 5.32 Å². The third-order valence-corrected chi connectivity index (χ3v) is 4.02. The molecule has 0 aromatic heterocycles. The van der Waals surface area contributed by atoms with Gasteiger partial charge in [0.05, 0.1) is 25.3 Å². The summed E-state index contributed by atoms with van der Waals surface area (Å²) in [6, 6.07) is 10.2. The van der Waals surface area contributed by atoms with Gasteiger partial charge in [-0.25, -0.2) is 0 Å². The molecule has 0 radical (unpaired) electrons. The molecule has 1 aliphatic heterocycles. The second-order valence-corrected chi connectivity index (χ2v) is 5.21. The van der Waals surface area contributed by atoms with Gasteiger partial charge in [-0.2, -0.15) is 0 Å². The van der Waals surface area contributed by atoms with Crippen molar-refractivity contribution in [1.29, 1.82) is 0 Å². The average molecular weight is 260 g/mol. The summed E-state index contributed by atoms with van der Waals surface area (Å²) in [6.07, 6.45) is 3.63. The first-order valence-electron chi connectivity index (χ1n) is 7.04. The van der Waals surface area contributed by atoms with Crippen molar-refractivity contribution in [3.8, 4) is 0 Å². The first-order chi connectivity index (χ1) is 9.34. The number of para-hydroxylation sites is 1. The largest absolute Gasteiger partial charge is 0.376 e. The summed E-state index contributed by atoms with van der Waals surface area (Å²) < 4.78 is 5.73. The molecule has 4 heteroatoms. The topological polar surface area (TPSA) is 41.6 Å². The molecule has 2 fully saturated rings. The maximum Gasteiger partial charge on any atom is 0.242 e. The molecule has 3 rings (SSSR count). The van der Waals surface area contributed by atoms with Crippen LogP contribution in [-0.4, -0.2) is 42.6 Å². The van der Waals surface area contributed by atoms with Gasteiger partial charge in [-0.1, -0.05) is 18.2 Å². The molecule has 1 saturated heterocycles. The molecule has 1 amide bonds. The molecule has 1 saturated carbocycles. The Morgan fingerprint density at radius 2 is 2.16 bits per heavy atom. The Balaban J connectivity index is 1.57. The van der Waals surface area contributed by atoms with Gasteiger partial charge in [-0.05, 0) is 31.4 Å². The number of amides is 1. The van der Waals surface area contributed by atoms with Gasteiger partial charge in [-0.15, -0.1) is 0 Å². The smallest absolute Gasteiger partial charge is 0.242 e. The molecule has 2 unspecified atom stereocenters. The van der Waals surface area contributed by atoms with Gasteiger partial charge in [0.25, 0.3) is 0 Å². The number of nitrogens with zero attached hydrogens (tertiary/aromatic N) is 1. The van der Waals surface area contributed by atoms with E-state index in [1.807, 2.05) is 35.2 Å². The van der Waals surface area contributed by atoms with E-state index in [9.17, 15) is 4.79 Å². The molecule has 19 heavy (non-hydrogen) atoms. The highest BCUT2D eigenvalue weighted by atomic mass is 16.5. The van der Waals surface area contributed by atoms with Crippen LogP contribution in [0.1, 0.15) is 19.3 Å². The Morgan fingerprint density at radius 1 is 1.32 bits per heavy atom. The summed E-state index contributed by atoms with van der Waals surface area (Å²) in [7, 11) is 0. The van der Waals surface area contributed by atoms with E-state index >= 15 is 0 Å². The molecule has 1 aromatic rings. The lowest BCUT2D eigenvalue weighted by Gasteiger charge is -2.37. The molecule has 1 N–H and O–H groups in total. The van der Waals surface area contributed by atoms with Crippen LogP contribution < -0.4 is 5.32 Å². The van der Waals surface area contributed by atoms with Crippen LogP contribution in [-0.2, 0) is 9.53 Å². The fourth-order valence-corrected chi connectivity index (χ4v) is 3.07. The number of fused-ring (bicyclic) bond motifs is 1. The average Bonchev–Trinajstić information content (AvgIpc) is 2.94. The van der Waals surface area contributed by atoms with Gasteiger partial charge in [0, 0.05) is 12.2 Å². The number of hydrogen-bond acceptors (Lipinski definition) is 3. The number of ether oxygens (including phenoxy) is 1. The van der Waals surface area contributed by atoms with Crippen molar-refractivity contribution in [3.05, 3.63) is 30.3 Å². The zero-order valence-electron chi connectivity index (χ0n) is 11.0. The second kappa shape index (κ2) is 5.61. The van der Waals surface area contributed by atoms with Crippen molar-refractivity contribution >= 4 is 11.6 Å². The van der Waals surface area contributed by atoms with E-state index in [1.54, 1.807) is 0 Å². The number of morpholine rings is 1. The van der Waals surface area contributed by atoms with E-state index in [1.165, 1.54) is 6.42 Å². The lowest BCUT2D eigenvalue weighted by atomic mass is 10.1. The van der Waals surface area contributed by atoms with E-state index in [0.29, 0.717) is 19.2 Å². The lowest BCUT2D eigenvalue weighted by molar-refractivity contribution is -0.142. The van der Waals surface area contributed by atoms with Crippen molar-refractivity contribution in [2.45, 2.75) is 31.4 Å². The molecule has 0 spiro atoms. The quantitative estimate of drug-likeness (QED) is 0.902. The number of carbonyl (C=O) groups excluding carboxylic acids is 1. The Morgan fingerprint density at radius 3 is 3.00 bits per heavy atom. The van der Waals surface area contributed by atoms with Crippen molar-refractivity contribution in [2.24, 2.45) is 0 Å². The van der Waals surface area contributed by atoms with Crippen molar-refractivity contribution in [1.82, 2.24) is 4.90 Å². The minimum Gasteiger partial charge on any atom is -0.376 e. The highest BCUT2D eigenvalue weighted by molar-refractivity contribution is 5.81. The van der Waals surface area contributed by atoms with Crippen LogP contribution in [0.2, 0.25) is 0 Å². The lowest BCUT2D eigenvalue weighted by Crippen LogP contribution is -2.52. The van der Waals surface area contributed by atoms with Crippen LogP contribution in [0.5, 0.6) is 0 Å². The molecule has 1 heterocycles. The Labute approximate surface area is 113 Å². The highest BCUT2D eigenvalue weighted by Crippen LogP contribution is 2.29. The summed E-state index contributed by atoms with van der Waals surface area (Å²) in [5, 5.41) is 3.19. The van der Waals surface area contributed by atoms with Gasteiger partial charge in [0.1, 0.15) is 0 Å². The van der Waals surface area contributed by atoms with Gasteiger partial charge in [-0.3, -0.25) is 4.79 Å². The summed E-state index contributed by atoms with van der Waals surface area (Å²) in [5.41, 5.74) is 0.993. The maximum absolute atomic E-state index is 12.3. The zero-order valence-corrected chi connectivity index (χ0v) is 11.0. The van der Waals surface area contributed by atoms with Crippen molar-refractivity contribution < 1.29 is 9.53 Å². The van der Waals surface area contributed by atoms with Crippen LogP contribution in [0.3, 0.4) is 0 Å². The zero-order chi connectivity index (χ0) is 13.1. The van der Waals surface area contributed by atoms with E-state index in [4.69, 9.17) is 4.74 Å². The highest BCUT2D eigenvalue weighted by Gasteiger charge is 2.37. The van der Waals surface area contributed by atoms with Gasteiger partial charge >= 0.3 is 0 Å². The molecular formula is C15H20N2O2. The number of nitrogens with one attached hydrogen (secondary N) is 1. The van der Waals surface area contributed by atoms with Gasteiger partial charge in [0.15, 0.2) is 0 Å². The summed E-state index contributed by atoms with van der Waals surface area (Å²) in [6.45, 7) is 1.78. The Kier molecular flexibility index (Phi) is 3.69. The molecule has 4 nitrogen and oxygen atoms in total. The normalized spacial score (nSPS) is 26.0. The molecule has 1 aromatic carbocycles. The fourth-order valence-electron chi connectivity index (χ4n) is 3.07. The predicted molar refractivity (Wildman–Crippen MR) is 74.0 cm³/mol. The molecule has 1 aliphatic carbocycles. The monoisotopic (exact) mass is 260 g/mol. The number of carbonyl (C=O) groups is 1. The standard InChI is InChI=1S/C15H20N2O2/c18-15(11-16-12-5-2-1-3-6-12)17-9-10-19-14-8-4-7-13(14)17/h1-3,5-6,13-14,16H,4,7-11H2. The molecule has 102 valence electrons. The second-order valence-electron chi connectivity index (χ2n) is 5.21. The predicted octanol–water partition coefficient (Wildman–Crippen LogP) is 1.88. The maximum atomic E-state index is 12.3. The van der Waals surface area contributed by atoms with Crippen LogP contribution in [0, 0.1) is 0 Å². The third-order valence-electron chi connectivity index (χ3n) is 4.02. The van der Waals surface area contributed by atoms with Crippen LogP contribution in [0.15, 0.2) is 30.3 Å². The van der Waals surface area contributed by atoms with Gasteiger partial charge < -0.3 is 15.0 Å². The van der Waals surface area contributed by atoms with Crippen LogP contribution in [0.25, 0.3) is 0 Å². The Hall–Kier alpha value is -1.55. The fraction of sp³-hybridized carbons (Fsp3) is 0.533. The van der Waals surface area contributed by atoms with E-state index < -0.39 is 0 Å². The molecular weight excluding hydrogens is 240 g/mol. The number of hydrogen-bond donors (Lipinski definition) is 1. The molecule has 2 aliphatic rings. The third kappa shape index (κ3) is 2.73. The van der Waals surface area contributed by atoms with Crippen molar-refractivity contribution in [2.75, 3.05) is 25.0 Å². The van der Waals surface area contributed by atoms with Crippen LogP contribution in [0.4, 0.5) is 5.69 Å². The molecule has 2 atom stereocenters. The molecule has 0 bridgehead atoms. The van der Waals surface area contributed by atoms with Crippen molar-refractivity contribution in [3.63, 3.8) is 0 Å². The summed E-state index contributed by atoms with van der Waals surface area (Å²) >= 11 is 0. The van der Waals surface area contributed by atoms with Gasteiger partial charge in [0.2, 0.25) is 5.91 Å². The number of rotatable bonds is 3. The summed E-state index contributed by atoms with van der Waals surface area (Å²) in [5.74, 6) is 0.184. The number of anilines is 1. The first-order valence-corrected chi connectivity index (χ1v) is 7.04. The van der Waals surface area contributed by atoms with E-state index in [0.717, 1.165) is 25.1 Å². The Bertz CT molecular complexity index is 435. The van der Waals surface area contributed by atoms with Crippen LogP contribution >= 0.6 is 0 Å². The minimum absolute atomic E-state index is 0.184. The number of benzene rings is 1.